The Morgan fingerprint density at radius 1 is 0.174 bits per heavy atom. The number of hydrogen-bond acceptors (Lipinski definition) is 6. The lowest BCUT2D eigenvalue weighted by molar-refractivity contribution is 0.669. The molecular weight excluding hydrogens is 1600 g/mol. The van der Waals surface area contributed by atoms with Gasteiger partial charge < -0.3 is 28.4 Å². The normalized spacial score (nSPS) is 13.1. The first kappa shape index (κ1) is 73.8. The molecule has 0 saturated carbocycles. The molecule has 0 aliphatic heterocycles. The van der Waals surface area contributed by atoms with Crippen molar-refractivity contribution in [1.82, 2.24) is 0 Å². The van der Waals surface area contributed by atoms with E-state index in [0.29, 0.717) is 0 Å². The molecule has 0 fully saturated rings. The second kappa shape index (κ2) is 28.6. The molecule has 614 valence electrons. The highest BCUT2D eigenvalue weighted by molar-refractivity contribution is 6.29. The van der Waals surface area contributed by atoms with Gasteiger partial charge in [0.15, 0.2) is 0 Å². The SMILES string of the molecule is c1ccc(N(c2ccccc2)c2ccc3c4c(ccc3c2)-c2c(cc(N(c3ccccc3)c3ccc(-c5cccc(N(c6ccccc6)c6ccc7c8c(ccc7c6)-c6c(cc(N(c7ccccc7)c7ccccc7)c7c6ccc6oc9ccccc9c67)C86c7ccccc7-c7ccccc76)c5)cc3)c3c2ccc2c5ccccc5oc23)C42c3ccccc3-c3ccccc32)cc1. The minimum atomic E-state index is -0.756. The summed E-state index contributed by atoms with van der Waals surface area (Å²) < 4.78 is 14.3. The lowest BCUT2D eigenvalue weighted by Crippen LogP contribution is -2.26. The van der Waals surface area contributed by atoms with Crippen LogP contribution in [0.15, 0.2) is 482 Å². The quantitative estimate of drug-likeness (QED) is 0.115. The molecule has 2 heterocycles. The van der Waals surface area contributed by atoms with Gasteiger partial charge in [0.2, 0.25) is 0 Å². The van der Waals surface area contributed by atoms with Crippen LogP contribution in [0, 0.1) is 0 Å². The summed E-state index contributed by atoms with van der Waals surface area (Å²) in [6.45, 7) is 0. The summed E-state index contributed by atoms with van der Waals surface area (Å²) in [4.78, 5) is 9.77. The molecular formula is C126H78N4O2. The molecule has 6 heteroatoms. The monoisotopic (exact) mass is 1680 g/mol. The highest BCUT2D eigenvalue weighted by Gasteiger charge is 2.56. The second-order valence-electron chi connectivity index (χ2n) is 35.5. The van der Waals surface area contributed by atoms with Crippen molar-refractivity contribution in [3.05, 3.63) is 518 Å². The fourth-order valence-corrected chi connectivity index (χ4v) is 23.8. The Labute approximate surface area is 762 Å². The number of nitrogens with zero attached hydrogens (tertiary/aromatic N) is 4. The molecule has 28 rings (SSSR count). The van der Waals surface area contributed by atoms with Crippen LogP contribution in [0.25, 0.3) is 143 Å². The van der Waals surface area contributed by atoms with Gasteiger partial charge >= 0.3 is 0 Å². The molecule has 22 aromatic carbocycles. The van der Waals surface area contributed by atoms with Crippen LogP contribution < -0.4 is 19.6 Å². The van der Waals surface area contributed by atoms with E-state index in [-0.39, 0.29) is 0 Å². The fourth-order valence-electron chi connectivity index (χ4n) is 23.8. The molecule has 0 unspecified atom stereocenters. The van der Waals surface area contributed by atoms with Crippen LogP contribution in [0.3, 0.4) is 0 Å². The summed E-state index contributed by atoms with van der Waals surface area (Å²) in [5.41, 5.74) is 36.8. The first-order valence-electron chi connectivity index (χ1n) is 45.6. The Morgan fingerprint density at radius 3 is 1.00 bits per heavy atom. The fraction of sp³-hybridized carbons (Fsp3) is 0.0159. The predicted octanol–water partition coefficient (Wildman–Crippen LogP) is 34.3. The van der Waals surface area contributed by atoms with Crippen LogP contribution >= 0.6 is 0 Å². The number of hydrogen-bond donors (Lipinski definition) is 0. The van der Waals surface area contributed by atoms with Gasteiger partial charge in [0.1, 0.15) is 22.3 Å². The summed E-state index contributed by atoms with van der Waals surface area (Å²) >= 11 is 0. The third-order valence-electron chi connectivity index (χ3n) is 28.9. The van der Waals surface area contributed by atoms with Gasteiger partial charge in [-0.1, -0.05) is 309 Å². The molecule has 0 saturated heterocycles. The first-order chi connectivity index (χ1) is 65.5. The summed E-state index contributed by atoms with van der Waals surface area (Å²) in [5.74, 6) is 0. The standard InChI is InChI=1S/C126H78N4O2/c1-7-33-83(34-8-1)127(84-35-9-2-10-36-84)91-64-68-93-81(75-91)61-67-105-118-103-71-70-100-99-50-23-29-56-114(99)132-124(100)120(103)113(78-111(118)126(123(93)105)108-54-27-21-48-97(108)98-49-22-28-55-109(98)126)130(88-43-17-6-18-44-88)89-62-58-79(59-63-89)80-32-31-45-90(74-80)128(85-37-11-3-12-38-85)92-65-69-94-82(76-92)60-66-104-117-102-72-73-116-121(101-51-24-30-57-115(101)131-116)119(102)112(129(86-39-13-4-14-40-86)87-41-15-5-16-42-87)77-110(117)125(122(94)104)106-52-25-19-46-95(106)96-47-20-26-53-107(96)125/h1-78H. The van der Waals surface area contributed by atoms with Crippen LogP contribution in [0.2, 0.25) is 0 Å². The van der Waals surface area contributed by atoms with Gasteiger partial charge in [0.25, 0.3) is 0 Å². The molecule has 6 nitrogen and oxygen atoms in total. The maximum absolute atomic E-state index is 7.38. The van der Waals surface area contributed by atoms with Crippen LogP contribution in [0.1, 0.15) is 44.5 Å². The minimum absolute atomic E-state index is 0.742. The van der Waals surface area contributed by atoms with E-state index >= 15 is 0 Å². The third kappa shape index (κ3) is 10.5. The Hall–Kier alpha value is -17.3. The molecule has 0 bridgehead atoms. The van der Waals surface area contributed by atoms with E-state index in [1.54, 1.807) is 0 Å². The van der Waals surface area contributed by atoms with Crippen molar-refractivity contribution in [2.24, 2.45) is 0 Å². The molecule has 2 aromatic heterocycles. The van der Waals surface area contributed by atoms with Crippen molar-refractivity contribution >= 4 is 155 Å². The lowest BCUT2D eigenvalue weighted by atomic mass is 9.69. The van der Waals surface area contributed by atoms with Crippen LogP contribution in [0.4, 0.5) is 68.2 Å². The maximum Gasteiger partial charge on any atom is 0.145 e. The summed E-state index contributed by atoms with van der Waals surface area (Å²) in [6, 6.07) is 176. The zero-order valence-electron chi connectivity index (χ0n) is 71.6. The molecule has 0 N–H and O–H groups in total. The molecule has 0 amide bonds. The maximum atomic E-state index is 7.38. The molecule has 4 aliphatic rings. The van der Waals surface area contributed by atoms with Gasteiger partial charge in [-0.05, 0) is 296 Å². The van der Waals surface area contributed by atoms with Gasteiger partial charge in [-0.25, -0.2) is 0 Å². The third-order valence-corrected chi connectivity index (χ3v) is 28.9. The Balaban J connectivity index is 0.612. The van der Waals surface area contributed by atoms with Crippen LogP contribution in [-0.2, 0) is 10.8 Å². The van der Waals surface area contributed by atoms with Gasteiger partial charge in [-0.3, -0.25) is 0 Å². The predicted molar refractivity (Wildman–Crippen MR) is 548 cm³/mol. The molecule has 0 atom stereocenters. The van der Waals surface area contributed by atoms with E-state index in [0.717, 1.165) is 150 Å². The number of benzene rings is 22. The van der Waals surface area contributed by atoms with Gasteiger partial charge in [0.05, 0.1) is 22.2 Å². The highest BCUT2D eigenvalue weighted by atomic mass is 16.3. The van der Waals surface area contributed by atoms with Crippen molar-refractivity contribution in [3.8, 4) is 55.6 Å². The van der Waals surface area contributed by atoms with E-state index in [1.165, 1.54) is 105 Å². The van der Waals surface area contributed by atoms with Crippen molar-refractivity contribution in [1.29, 1.82) is 0 Å². The van der Waals surface area contributed by atoms with E-state index in [1.807, 2.05) is 0 Å². The van der Waals surface area contributed by atoms with Gasteiger partial charge in [-0.2, -0.15) is 0 Å². The van der Waals surface area contributed by atoms with E-state index < -0.39 is 10.8 Å². The summed E-state index contributed by atoms with van der Waals surface area (Å²) in [6.07, 6.45) is 0. The number of para-hydroxylation sites is 8. The zero-order chi connectivity index (χ0) is 86.4. The smallest absolute Gasteiger partial charge is 0.145 e. The highest BCUT2D eigenvalue weighted by Crippen LogP contribution is 2.70. The van der Waals surface area contributed by atoms with Crippen molar-refractivity contribution < 1.29 is 8.83 Å². The minimum Gasteiger partial charge on any atom is -0.456 e. The Morgan fingerprint density at radius 2 is 0.523 bits per heavy atom. The largest absolute Gasteiger partial charge is 0.456 e. The van der Waals surface area contributed by atoms with E-state index in [9.17, 15) is 0 Å². The number of fused-ring (bicyclic) bond motifs is 36. The zero-order valence-corrected chi connectivity index (χ0v) is 71.6. The molecule has 2 spiro atoms. The Bertz CT molecular complexity index is 8740. The number of furan rings is 2. The number of rotatable bonds is 13. The van der Waals surface area contributed by atoms with E-state index in [4.69, 9.17) is 8.83 Å². The topological polar surface area (TPSA) is 39.2 Å². The van der Waals surface area contributed by atoms with Crippen molar-refractivity contribution in [2.75, 3.05) is 19.6 Å². The van der Waals surface area contributed by atoms with Crippen LogP contribution in [-0.4, -0.2) is 0 Å². The molecule has 132 heavy (non-hydrogen) atoms. The van der Waals surface area contributed by atoms with E-state index in [2.05, 4.69) is 493 Å². The summed E-state index contributed by atoms with van der Waals surface area (Å²) in [7, 11) is 0. The average Bonchev–Trinajstić information content (AvgIpc) is 1.49. The van der Waals surface area contributed by atoms with Crippen molar-refractivity contribution in [3.63, 3.8) is 0 Å². The molecule has 24 aromatic rings. The van der Waals surface area contributed by atoms with Crippen LogP contribution in [0.5, 0.6) is 0 Å². The van der Waals surface area contributed by atoms with Gasteiger partial charge in [-0.15, -0.1) is 0 Å². The Kier molecular flexibility index (Phi) is 16.0. The molecule has 0 radical (unpaired) electrons. The lowest BCUT2D eigenvalue weighted by Gasteiger charge is -2.34. The van der Waals surface area contributed by atoms with Gasteiger partial charge in [0, 0.05) is 89.2 Å². The van der Waals surface area contributed by atoms with Crippen molar-refractivity contribution in [2.45, 2.75) is 10.8 Å². The second-order valence-corrected chi connectivity index (χ2v) is 35.5. The number of anilines is 12. The summed E-state index contributed by atoms with van der Waals surface area (Å²) in [5, 5.41) is 13.5. The first-order valence-corrected chi connectivity index (χ1v) is 45.6. The molecule has 4 aliphatic carbocycles. The average molecular weight is 1680 g/mol.